The lowest BCUT2D eigenvalue weighted by Crippen LogP contribution is -2.25. The Kier molecular flexibility index (Phi) is 10.9. The topological polar surface area (TPSA) is 67.9 Å². The Labute approximate surface area is 218 Å². The van der Waals surface area contributed by atoms with E-state index in [1.54, 1.807) is 24.3 Å². The predicted octanol–water partition coefficient (Wildman–Crippen LogP) is 6.50. The molecular formula is C26H29ClF4N2O4. The second-order valence-corrected chi connectivity index (χ2v) is 8.68. The van der Waals surface area contributed by atoms with Gasteiger partial charge in [0.05, 0.1) is 12.3 Å². The van der Waals surface area contributed by atoms with Crippen LogP contribution in [0.3, 0.4) is 0 Å². The first-order valence-corrected chi connectivity index (χ1v) is 12.0. The van der Waals surface area contributed by atoms with Crippen LogP contribution in [0, 0.1) is 18.6 Å². The van der Waals surface area contributed by atoms with Gasteiger partial charge in [0.15, 0.2) is 17.9 Å². The zero-order valence-electron chi connectivity index (χ0n) is 20.9. The van der Waals surface area contributed by atoms with Crippen molar-refractivity contribution in [3.05, 3.63) is 64.9 Å². The molecule has 0 amide bonds. The van der Waals surface area contributed by atoms with E-state index in [0.29, 0.717) is 6.54 Å². The van der Waals surface area contributed by atoms with Gasteiger partial charge in [0.2, 0.25) is 5.82 Å². The van der Waals surface area contributed by atoms with E-state index in [1.807, 2.05) is 0 Å². The summed E-state index contributed by atoms with van der Waals surface area (Å²) in [6.45, 7) is 7.48. The van der Waals surface area contributed by atoms with Crippen LogP contribution in [0.25, 0.3) is 0 Å². The van der Waals surface area contributed by atoms with Gasteiger partial charge in [-0.05, 0) is 56.5 Å². The first kappa shape index (κ1) is 30.1. The molecule has 0 fully saturated rings. The van der Waals surface area contributed by atoms with E-state index in [-0.39, 0.29) is 30.2 Å². The number of carbonyl (C=O) groups is 2. The Balaban J connectivity index is 2.67. The number of aldehydes is 1. The van der Waals surface area contributed by atoms with Crippen molar-refractivity contribution in [1.82, 2.24) is 5.32 Å². The second kappa shape index (κ2) is 13.4. The Morgan fingerprint density at radius 3 is 2.41 bits per heavy atom. The van der Waals surface area contributed by atoms with Crippen LogP contribution in [-0.4, -0.2) is 30.5 Å². The maximum Gasteiger partial charge on any atom is 0.487 e. The van der Waals surface area contributed by atoms with Gasteiger partial charge in [-0.1, -0.05) is 25.5 Å². The van der Waals surface area contributed by atoms with Gasteiger partial charge in [0.1, 0.15) is 5.57 Å². The summed E-state index contributed by atoms with van der Waals surface area (Å²) in [6.07, 6.45) is 3.18. The highest BCUT2D eigenvalue weighted by molar-refractivity contribution is 6.20. The molecule has 0 saturated heterocycles. The fourth-order valence-corrected chi connectivity index (χ4v) is 3.65. The summed E-state index contributed by atoms with van der Waals surface area (Å²) >= 11 is 4.88. The highest BCUT2D eigenvalue weighted by Crippen LogP contribution is 2.43. The van der Waals surface area contributed by atoms with Crippen molar-refractivity contribution < 1.29 is 36.6 Å². The molecule has 2 rings (SSSR count). The number of rotatable bonds is 13. The number of ether oxygens (including phenoxy) is 2. The van der Waals surface area contributed by atoms with Crippen molar-refractivity contribution >= 4 is 35.2 Å². The minimum absolute atomic E-state index is 0.0423. The number of halogens is 5. The van der Waals surface area contributed by atoms with E-state index in [1.165, 1.54) is 13.8 Å². The smallest absolute Gasteiger partial charge is 0.462 e. The Morgan fingerprint density at radius 1 is 1.22 bits per heavy atom. The van der Waals surface area contributed by atoms with E-state index in [2.05, 4.69) is 23.9 Å². The van der Waals surface area contributed by atoms with Gasteiger partial charge in [0, 0.05) is 36.1 Å². The number of carbonyl (C=O) groups excluding carboxylic acids is 2. The zero-order valence-corrected chi connectivity index (χ0v) is 21.7. The van der Waals surface area contributed by atoms with Crippen LogP contribution in [0.5, 0.6) is 5.75 Å². The van der Waals surface area contributed by atoms with Crippen LogP contribution in [-0.2, 0) is 20.9 Å². The van der Waals surface area contributed by atoms with E-state index < -0.39 is 40.2 Å². The summed E-state index contributed by atoms with van der Waals surface area (Å²) in [4.78, 5) is 25.0. The van der Waals surface area contributed by atoms with Gasteiger partial charge < -0.3 is 19.7 Å². The number of aryl methyl sites for hydroxylation is 1. The molecule has 0 saturated carbocycles. The van der Waals surface area contributed by atoms with Gasteiger partial charge in [-0.3, -0.25) is 4.79 Å². The van der Waals surface area contributed by atoms with Gasteiger partial charge in [-0.15, -0.1) is 8.78 Å². The maximum absolute atomic E-state index is 14.7. The molecular weight excluding hydrogens is 516 g/mol. The van der Waals surface area contributed by atoms with Crippen molar-refractivity contribution in [2.24, 2.45) is 0 Å². The van der Waals surface area contributed by atoms with Crippen molar-refractivity contribution in [2.45, 2.75) is 58.7 Å². The summed E-state index contributed by atoms with van der Waals surface area (Å²) in [6, 6.07) is 7.62. The summed E-state index contributed by atoms with van der Waals surface area (Å²) in [5.41, 5.74) is -4.23. The van der Waals surface area contributed by atoms with E-state index in [9.17, 15) is 27.2 Å². The molecule has 202 valence electrons. The van der Waals surface area contributed by atoms with Crippen LogP contribution < -0.4 is 15.0 Å². The molecule has 0 bridgehead atoms. The molecule has 1 unspecified atom stereocenters. The number of esters is 1. The van der Waals surface area contributed by atoms with E-state index in [0.717, 1.165) is 35.6 Å². The third-order valence-corrected chi connectivity index (χ3v) is 5.37. The molecule has 0 aliphatic rings. The van der Waals surface area contributed by atoms with E-state index >= 15 is 0 Å². The number of nitrogens with one attached hydrogen (secondary N) is 1. The molecule has 0 heterocycles. The third kappa shape index (κ3) is 8.46. The standard InChI is InChI=1S/C26H29ClF4N2O4/c1-5-7-17(4)32-13-18-8-10-20(11-9-18)33(14-19(15-34)25(35)36-6-2)23-16(3)12-21(28)22(29)24(23)37-26(27,30)31/h8-12,14-15,17,32H,5-7,13H2,1-4H3/b19-14+. The number of anilines is 2. The average molecular weight is 545 g/mol. The summed E-state index contributed by atoms with van der Waals surface area (Å²) < 4.78 is 65.3. The molecule has 6 nitrogen and oxygen atoms in total. The summed E-state index contributed by atoms with van der Waals surface area (Å²) in [5.74, 6) is -5.39. The average Bonchev–Trinajstić information content (AvgIpc) is 2.83. The highest BCUT2D eigenvalue weighted by Gasteiger charge is 2.34. The normalized spacial score (nSPS) is 12.7. The van der Waals surface area contributed by atoms with Crippen LogP contribution in [0.1, 0.15) is 44.7 Å². The van der Waals surface area contributed by atoms with Crippen LogP contribution >= 0.6 is 11.6 Å². The molecule has 0 aliphatic carbocycles. The Hall–Kier alpha value is -3.11. The van der Waals surface area contributed by atoms with Gasteiger partial charge in [-0.2, -0.15) is 4.39 Å². The van der Waals surface area contributed by atoms with Gasteiger partial charge in [-0.25, -0.2) is 9.18 Å². The van der Waals surface area contributed by atoms with Crippen LogP contribution in [0.15, 0.2) is 42.1 Å². The monoisotopic (exact) mass is 544 g/mol. The van der Waals surface area contributed by atoms with Crippen molar-refractivity contribution in [3.8, 4) is 5.75 Å². The van der Waals surface area contributed by atoms with Crippen molar-refractivity contribution in [3.63, 3.8) is 0 Å². The predicted molar refractivity (Wildman–Crippen MR) is 133 cm³/mol. The van der Waals surface area contributed by atoms with E-state index in [4.69, 9.17) is 16.3 Å². The Morgan fingerprint density at radius 2 is 1.86 bits per heavy atom. The maximum atomic E-state index is 14.7. The highest BCUT2D eigenvalue weighted by atomic mass is 35.5. The molecule has 2 aromatic carbocycles. The zero-order chi connectivity index (χ0) is 27.8. The van der Waals surface area contributed by atoms with Crippen molar-refractivity contribution in [2.75, 3.05) is 11.5 Å². The number of benzene rings is 2. The summed E-state index contributed by atoms with van der Waals surface area (Å²) in [7, 11) is 0. The first-order chi connectivity index (χ1) is 17.4. The van der Waals surface area contributed by atoms with Gasteiger partial charge in [0.25, 0.3) is 0 Å². The minimum Gasteiger partial charge on any atom is -0.462 e. The lowest BCUT2D eigenvalue weighted by Gasteiger charge is -2.27. The van der Waals surface area contributed by atoms with Crippen LogP contribution in [0.4, 0.5) is 28.9 Å². The molecule has 0 aliphatic heterocycles. The fraction of sp³-hybridized carbons (Fsp3) is 0.385. The largest absolute Gasteiger partial charge is 0.487 e. The molecule has 1 N–H and O–H groups in total. The summed E-state index contributed by atoms with van der Waals surface area (Å²) in [5, 5.41) is 3.37. The second-order valence-electron chi connectivity index (χ2n) is 8.24. The van der Waals surface area contributed by atoms with Gasteiger partial charge >= 0.3 is 11.5 Å². The third-order valence-electron chi connectivity index (χ3n) is 5.30. The number of hydrogen-bond acceptors (Lipinski definition) is 6. The molecule has 11 heteroatoms. The lowest BCUT2D eigenvalue weighted by atomic mass is 10.1. The first-order valence-electron chi connectivity index (χ1n) is 11.6. The SMILES string of the molecule is CCCC(C)NCc1ccc(N(/C=C(\C=O)C(=O)OCC)c2c(C)cc(F)c(F)c2OC(F)(F)Cl)cc1. The number of nitrogens with zero attached hydrogens (tertiary/aromatic N) is 1. The molecule has 1 atom stereocenters. The number of hydrogen-bond donors (Lipinski definition) is 1. The molecule has 2 aromatic rings. The fourth-order valence-electron chi connectivity index (χ4n) is 3.58. The van der Waals surface area contributed by atoms with Crippen LogP contribution in [0.2, 0.25) is 0 Å². The van der Waals surface area contributed by atoms with Crippen molar-refractivity contribution in [1.29, 1.82) is 0 Å². The minimum atomic E-state index is -4.38. The lowest BCUT2D eigenvalue weighted by molar-refractivity contribution is -0.139. The molecule has 37 heavy (non-hydrogen) atoms. The Bertz CT molecular complexity index is 1120. The molecule has 0 radical (unpaired) electrons. The molecule has 0 spiro atoms. The number of alkyl halides is 3. The quantitative estimate of drug-likeness (QED) is 0.0590. The molecule has 0 aromatic heterocycles.